The van der Waals surface area contributed by atoms with Crippen molar-refractivity contribution >= 4 is 10.0 Å². The first-order valence-electron chi connectivity index (χ1n) is 6.07. The van der Waals surface area contributed by atoms with Crippen LogP contribution in [-0.4, -0.2) is 28.2 Å². The fourth-order valence-corrected chi connectivity index (χ4v) is 2.68. The van der Waals surface area contributed by atoms with Crippen molar-refractivity contribution in [2.45, 2.75) is 24.8 Å². The van der Waals surface area contributed by atoms with E-state index in [0.29, 0.717) is 25.2 Å². The maximum atomic E-state index is 13.5. The molecule has 0 bridgehead atoms. The van der Waals surface area contributed by atoms with Crippen molar-refractivity contribution < 1.29 is 17.5 Å². The molecule has 108 valence electrons. The third-order valence-corrected chi connectivity index (χ3v) is 3.96. The molecule has 0 spiro atoms. The number of rotatable bonds is 8. The summed E-state index contributed by atoms with van der Waals surface area (Å²) in [5.41, 5.74) is 5.98. The summed E-state index contributed by atoms with van der Waals surface area (Å²) in [5, 5.41) is 0. The van der Waals surface area contributed by atoms with Gasteiger partial charge in [0.05, 0.1) is 0 Å². The van der Waals surface area contributed by atoms with Crippen LogP contribution < -0.4 is 10.5 Å². The van der Waals surface area contributed by atoms with Crippen molar-refractivity contribution in [3.8, 4) is 0 Å². The Labute approximate surface area is 113 Å². The average Bonchev–Trinajstić information content (AvgIpc) is 2.39. The molecule has 1 rings (SSSR count). The highest BCUT2D eigenvalue weighted by molar-refractivity contribution is 7.89. The number of ether oxygens (including phenoxy) is 1. The third-order valence-electron chi connectivity index (χ3n) is 2.48. The minimum absolute atomic E-state index is 0.160. The lowest BCUT2D eigenvalue weighted by Crippen LogP contribution is -2.26. The van der Waals surface area contributed by atoms with Crippen molar-refractivity contribution in [1.82, 2.24) is 4.72 Å². The maximum Gasteiger partial charge on any atom is 0.243 e. The first kappa shape index (κ1) is 16.0. The van der Waals surface area contributed by atoms with Crippen LogP contribution in [0.3, 0.4) is 0 Å². The summed E-state index contributed by atoms with van der Waals surface area (Å²) in [6.07, 6.45) is 0.533. The Balaban J connectivity index is 2.71. The van der Waals surface area contributed by atoms with Crippen LogP contribution >= 0.6 is 0 Å². The van der Waals surface area contributed by atoms with Crippen LogP contribution in [0.5, 0.6) is 0 Å². The quantitative estimate of drug-likeness (QED) is 0.700. The highest BCUT2D eigenvalue weighted by atomic mass is 32.2. The number of nitrogens with one attached hydrogen (secondary N) is 1. The highest BCUT2D eigenvalue weighted by Gasteiger charge is 2.18. The van der Waals surface area contributed by atoms with E-state index in [-0.39, 0.29) is 18.0 Å². The van der Waals surface area contributed by atoms with Gasteiger partial charge in [-0.1, -0.05) is 6.07 Å². The van der Waals surface area contributed by atoms with E-state index in [2.05, 4.69) is 4.72 Å². The van der Waals surface area contributed by atoms with Gasteiger partial charge in [0.15, 0.2) is 0 Å². The van der Waals surface area contributed by atoms with E-state index >= 15 is 0 Å². The van der Waals surface area contributed by atoms with Crippen LogP contribution in [0.25, 0.3) is 0 Å². The van der Waals surface area contributed by atoms with E-state index in [0.717, 1.165) is 6.07 Å². The molecule has 7 heteroatoms. The molecule has 0 aliphatic heterocycles. The Morgan fingerprint density at radius 1 is 1.42 bits per heavy atom. The van der Waals surface area contributed by atoms with Gasteiger partial charge in [-0.3, -0.25) is 0 Å². The minimum atomic E-state index is -3.85. The van der Waals surface area contributed by atoms with Gasteiger partial charge in [-0.05, 0) is 31.0 Å². The molecule has 0 radical (unpaired) electrons. The summed E-state index contributed by atoms with van der Waals surface area (Å²) in [6, 6.07) is 3.82. The summed E-state index contributed by atoms with van der Waals surface area (Å²) >= 11 is 0. The zero-order valence-electron chi connectivity index (χ0n) is 10.9. The second-order valence-corrected chi connectivity index (χ2v) is 5.65. The Morgan fingerprint density at radius 2 is 2.16 bits per heavy atom. The minimum Gasteiger partial charge on any atom is -0.382 e. The van der Waals surface area contributed by atoms with E-state index in [9.17, 15) is 12.8 Å². The van der Waals surface area contributed by atoms with Crippen molar-refractivity contribution in [1.29, 1.82) is 0 Å². The molecular weight excluding hydrogens is 271 g/mol. The summed E-state index contributed by atoms with van der Waals surface area (Å²) in [6.45, 7) is 3.27. The lowest BCUT2D eigenvalue weighted by Gasteiger charge is -2.09. The Bertz CT molecular complexity index is 506. The molecule has 0 saturated carbocycles. The number of hydrogen-bond acceptors (Lipinski definition) is 4. The van der Waals surface area contributed by atoms with E-state index < -0.39 is 15.8 Å². The van der Waals surface area contributed by atoms with Crippen molar-refractivity contribution in [2.75, 3.05) is 19.8 Å². The summed E-state index contributed by atoms with van der Waals surface area (Å²) in [4.78, 5) is -0.369. The zero-order valence-corrected chi connectivity index (χ0v) is 11.7. The molecule has 0 aliphatic carbocycles. The van der Waals surface area contributed by atoms with Gasteiger partial charge >= 0.3 is 0 Å². The van der Waals surface area contributed by atoms with Gasteiger partial charge in [0, 0.05) is 26.3 Å². The average molecular weight is 290 g/mol. The number of nitrogens with two attached hydrogens (primary N) is 1. The van der Waals surface area contributed by atoms with Gasteiger partial charge < -0.3 is 10.5 Å². The van der Waals surface area contributed by atoms with E-state index in [1.807, 2.05) is 6.92 Å². The SMILES string of the molecule is CCOCCCNS(=O)(=O)c1cc(CN)ccc1F. The molecule has 0 atom stereocenters. The van der Waals surface area contributed by atoms with Gasteiger partial charge in [-0.2, -0.15) is 0 Å². The van der Waals surface area contributed by atoms with Gasteiger partial charge in [0.2, 0.25) is 10.0 Å². The largest absolute Gasteiger partial charge is 0.382 e. The lowest BCUT2D eigenvalue weighted by atomic mass is 10.2. The number of benzene rings is 1. The number of halogens is 1. The van der Waals surface area contributed by atoms with E-state index in [4.69, 9.17) is 10.5 Å². The number of hydrogen-bond donors (Lipinski definition) is 2. The lowest BCUT2D eigenvalue weighted by molar-refractivity contribution is 0.146. The molecule has 3 N–H and O–H groups in total. The standard InChI is InChI=1S/C12H19FN2O3S/c1-2-18-7-3-6-15-19(16,17)12-8-10(9-14)4-5-11(12)13/h4-5,8,15H,2-3,6-7,9,14H2,1H3. The zero-order chi connectivity index (χ0) is 14.3. The fraction of sp³-hybridized carbons (Fsp3) is 0.500. The maximum absolute atomic E-state index is 13.5. The van der Waals surface area contributed by atoms with Crippen LogP contribution in [0, 0.1) is 5.82 Å². The molecule has 0 saturated heterocycles. The van der Waals surface area contributed by atoms with Crippen LogP contribution in [0.1, 0.15) is 18.9 Å². The summed E-state index contributed by atoms with van der Waals surface area (Å²) in [7, 11) is -3.85. The second kappa shape index (κ2) is 7.54. The molecule has 19 heavy (non-hydrogen) atoms. The second-order valence-electron chi connectivity index (χ2n) is 3.92. The smallest absolute Gasteiger partial charge is 0.243 e. The molecule has 0 aromatic heterocycles. The van der Waals surface area contributed by atoms with Gasteiger partial charge in [-0.25, -0.2) is 17.5 Å². The topological polar surface area (TPSA) is 81.4 Å². The fourth-order valence-electron chi connectivity index (χ4n) is 1.48. The van der Waals surface area contributed by atoms with Crippen LogP contribution in [0.2, 0.25) is 0 Å². The summed E-state index contributed by atoms with van der Waals surface area (Å²) in [5.74, 6) is -0.783. The third kappa shape index (κ3) is 4.87. The Kier molecular flexibility index (Phi) is 6.36. The Hall–Kier alpha value is -1.02. The number of sulfonamides is 1. The molecule has 0 amide bonds. The van der Waals surface area contributed by atoms with Gasteiger partial charge in [-0.15, -0.1) is 0 Å². The predicted molar refractivity (Wildman–Crippen MR) is 70.6 cm³/mol. The molecule has 1 aromatic rings. The molecule has 0 aliphatic rings. The molecular formula is C12H19FN2O3S. The van der Waals surface area contributed by atoms with Crippen LogP contribution in [-0.2, 0) is 21.3 Å². The molecule has 1 aromatic carbocycles. The first-order chi connectivity index (χ1) is 9.01. The Morgan fingerprint density at radius 3 is 2.79 bits per heavy atom. The molecule has 0 unspecified atom stereocenters. The monoisotopic (exact) mass is 290 g/mol. The molecule has 0 heterocycles. The van der Waals surface area contributed by atoms with Crippen LogP contribution in [0.4, 0.5) is 4.39 Å². The first-order valence-corrected chi connectivity index (χ1v) is 7.55. The van der Waals surface area contributed by atoms with Gasteiger partial charge in [0.1, 0.15) is 10.7 Å². The normalized spacial score (nSPS) is 11.7. The van der Waals surface area contributed by atoms with E-state index in [1.54, 1.807) is 0 Å². The molecule has 5 nitrogen and oxygen atoms in total. The van der Waals surface area contributed by atoms with E-state index in [1.165, 1.54) is 12.1 Å². The highest BCUT2D eigenvalue weighted by Crippen LogP contribution is 2.16. The van der Waals surface area contributed by atoms with Crippen LogP contribution in [0.15, 0.2) is 23.1 Å². The van der Waals surface area contributed by atoms with Crippen molar-refractivity contribution in [3.05, 3.63) is 29.6 Å². The van der Waals surface area contributed by atoms with Crippen molar-refractivity contribution in [3.63, 3.8) is 0 Å². The van der Waals surface area contributed by atoms with Gasteiger partial charge in [0.25, 0.3) is 0 Å². The molecule has 0 fully saturated rings. The van der Waals surface area contributed by atoms with Crippen molar-refractivity contribution in [2.24, 2.45) is 5.73 Å². The predicted octanol–water partition coefficient (Wildman–Crippen LogP) is 0.989. The summed E-state index contributed by atoms with van der Waals surface area (Å²) < 4.78 is 44.8.